The van der Waals surface area contributed by atoms with Crippen molar-refractivity contribution in [2.75, 3.05) is 11.1 Å². The summed E-state index contributed by atoms with van der Waals surface area (Å²) in [5.41, 5.74) is 0.681. The van der Waals surface area contributed by atoms with Gasteiger partial charge in [-0.05, 0) is 30.7 Å². The molecular weight excluding hydrogens is 290 g/mol. The molecule has 0 aliphatic carbocycles. The molecule has 0 atom stereocenters. The molecule has 2 aromatic rings. The van der Waals surface area contributed by atoms with Crippen LogP contribution in [0.25, 0.3) is 0 Å². The Morgan fingerprint density at radius 1 is 1.05 bits per heavy atom. The first-order valence-corrected chi connectivity index (χ1v) is 9.17. The minimum atomic E-state index is -3.19. The van der Waals surface area contributed by atoms with Gasteiger partial charge in [0.2, 0.25) is 0 Å². The molecule has 0 saturated heterocycles. The van der Waals surface area contributed by atoms with Gasteiger partial charge in [-0.1, -0.05) is 26.0 Å². The molecule has 0 unspecified atom stereocenters. The van der Waals surface area contributed by atoms with E-state index in [1.165, 1.54) is 9.75 Å². The van der Waals surface area contributed by atoms with Gasteiger partial charge in [0.05, 0.1) is 16.3 Å². The van der Waals surface area contributed by atoms with E-state index < -0.39 is 9.84 Å². The van der Waals surface area contributed by atoms with E-state index in [9.17, 15) is 8.42 Å². The van der Waals surface area contributed by atoms with Crippen molar-refractivity contribution in [1.29, 1.82) is 0 Å². The van der Waals surface area contributed by atoms with E-state index in [0.29, 0.717) is 17.1 Å². The van der Waals surface area contributed by atoms with Gasteiger partial charge in [0.15, 0.2) is 9.84 Å². The monoisotopic (exact) mass is 309 g/mol. The van der Waals surface area contributed by atoms with Crippen LogP contribution in [0.3, 0.4) is 0 Å². The molecule has 0 amide bonds. The van der Waals surface area contributed by atoms with Crippen LogP contribution in [0, 0.1) is 0 Å². The zero-order chi connectivity index (χ0) is 14.6. The van der Waals surface area contributed by atoms with Crippen LogP contribution in [-0.2, 0) is 22.8 Å². The zero-order valence-electron chi connectivity index (χ0n) is 11.7. The fourth-order valence-corrected chi connectivity index (χ4v) is 3.90. The van der Waals surface area contributed by atoms with Crippen molar-refractivity contribution >= 4 is 26.9 Å². The topological polar surface area (TPSA) is 46.2 Å². The van der Waals surface area contributed by atoms with Crippen LogP contribution in [0.2, 0.25) is 0 Å². The standard InChI is InChI=1S/C15H19NO2S2/c1-3-12-9-10-13(19-12)11-16-14-7-5-6-8-15(14)20(17,18)4-2/h5-10,16H,3-4,11H2,1-2H3. The maximum atomic E-state index is 12.0. The largest absolute Gasteiger partial charge is 0.379 e. The van der Waals surface area contributed by atoms with Crippen LogP contribution in [0.15, 0.2) is 41.3 Å². The summed E-state index contributed by atoms with van der Waals surface area (Å²) in [7, 11) is -3.19. The number of sulfone groups is 1. The third-order valence-corrected chi connectivity index (χ3v) is 6.14. The highest BCUT2D eigenvalue weighted by molar-refractivity contribution is 7.91. The predicted molar refractivity (Wildman–Crippen MR) is 85.2 cm³/mol. The molecule has 5 heteroatoms. The van der Waals surface area contributed by atoms with Gasteiger partial charge in [-0.2, -0.15) is 0 Å². The van der Waals surface area contributed by atoms with Gasteiger partial charge in [0.25, 0.3) is 0 Å². The lowest BCUT2D eigenvalue weighted by molar-refractivity contribution is 0.597. The van der Waals surface area contributed by atoms with Crippen LogP contribution in [0.4, 0.5) is 5.69 Å². The fourth-order valence-electron chi connectivity index (χ4n) is 1.93. The second kappa shape index (κ2) is 6.41. The Hall–Kier alpha value is -1.33. The minimum absolute atomic E-state index is 0.116. The summed E-state index contributed by atoms with van der Waals surface area (Å²) in [6, 6.07) is 11.3. The van der Waals surface area contributed by atoms with Crippen LogP contribution in [0.1, 0.15) is 23.6 Å². The molecule has 0 fully saturated rings. The number of hydrogen-bond acceptors (Lipinski definition) is 4. The van der Waals surface area contributed by atoms with Crippen LogP contribution in [0.5, 0.6) is 0 Å². The van der Waals surface area contributed by atoms with Gasteiger partial charge in [0, 0.05) is 16.3 Å². The van der Waals surface area contributed by atoms with E-state index in [4.69, 9.17) is 0 Å². The van der Waals surface area contributed by atoms with Crippen LogP contribution < -0.4 is 5.32 Å². The van der Waals surface area contributed by atoms with Gasteiger partial charge in [-0.3, -0.25) is 0 Å². The number of rotatable bonds is 6. The van der Waals surface area contributed by atoms with Crippen molar-refractivity contribution in [3.63, 3.8) is 0 Å². The number of anilines is 1. The fraction of sp³-hybridized carbons (Fsp3) is 0.333. The van der Waals surface area contributed by atoms with Crippen molar-refractivity contribution in [2.45, 2.75) is 31.7 Å². The molecule has 2 rings (SSSR count). The molecular formula is C15H19NO2S2. The van der Waals surface area contributed by atoms with E-state index in [0.717, 1.165) is 6.42 Å². The number of thiophene rings is 1. The molecule has 0 aliphatic heterocycles. The SMILES string of the molecule is CCc1ccc(CNc2ccccc2S(=O)(=O)CC)s1. The van der Waals surface area contributed by atoms with Gasteiger partial charge in [0.1, 0.15) is 0 Å². The van der Waals surface area contributed by atoms with Gasteiger partial charge < -0.3 is 5.32 Å². The molecule has 0 radical (unpaired) electrons. The van der Waals surface area contributed by atoms with E-state index in [-0.39, 0.29) is 5.75 Å². The molecule has 3 nitrogen and oxygen atoms in total. The maximum Gasteiger partial charge on any atom is 0.180 e. The molecule has 0 bridgehead atoms. The Labute approximate surface area is 124 Å². The molecule has 1 aromatic heterocycles. The third-order valence-electron chi connectivity index (χ3n) is 3.12. The van der Waals surface area contributed by atoms with Gasteiger partial charge in [-0.25, -0.2) is 8.42 Å². The Morgan fingerprint density at radius 2 is 1.75 bits per heavy atom. The molecule has 108 valence electrons. The number of nitrogens with one attached hydrogen (secondary N) is 1. The third kappa shape index (κ3) is 3.41. The van der Waals surface area contributed by atoms with E-state index in [1.54, 1.807) is 30.4 Å². The highest BCUT2D eigenvalue weighted by Crippen LogP contribution is 2.24. The Balaban J connectivity index is 2.18. The highest BCUT2D eigenvalue weighted by Gasteiger charge is 2.15. The first-order valence-electron chi connectivity index (χ1n) is 6.70. The van der Waals surface area contributed by atoms with E-state index in [1.807, 2.05) is 12.1 Å². The van der Waals surface area contributed by atoms with Crippen molar-refractivity contribution in [1.82, 2.24) is 0 Å². The van der Waals surface area contributed by atoms with Crippen LogP contribution in [-0.4, -0.2) is 14.2 Å². The highest BCUT2D eigenvalue weighted by atomic mass is 32.2. The summed E-state index contributed by atoms with van der Waals surface area (Å²) in [6.07, 6.45) is 1.03. The van der Waals surface area contributed by atoms with E-state index in [2.05, 4.69) is 24.4 Å². The van der Waals surface area contributed by atoms with Crippen LogP contribution >= 0.6 is 11.3 Å². The number of benzene rings is 1. The zero-order valence-corrected chi connectivity index (χ0v) is 13.4. The summed E-state index contributed by atoms with van der Waals surface area (Å²) in [4.78, 5) is 2.94. The lowest BCUT2D eigenvalue weighted by Gasteiger charge is -2.10. The molecule has 1 N–H and O–H groups in total. The molecule has 0 aliphatic rings. The quantitative estimate of drug-likeness (QED) is 0.884. The summed E-state index contributed by atoms with van der Waals surface area (Å²) in [5.74, 6) is 0.116. The predicted octanol–water partition coefficient (Wildman–Crippen LogP) is 3.72. The maximum absolute atomic E-state index is 12.0. The van der Waals surface area contributed by atoms with Gasteiger partial charge >= 0.3 is 0 Å². The summed E-state index contributed by atoms with van der Waals surface area (Å²) in [6.45, 7) is 4.45. The average Bonchev–Trinajstić information content (AvgIpc) is 2.93. The van der Waals surface area contributed by atoms with Crippen molar-refractivity contribution in [3.05, 3.63) is 46.2 Å². The number of hydrogen-bond donors (Lipinski definition) is 1. The molecule has 20 heavy (non-hydrogen) atoms. The normalized spacial score (nSPS) is 11.5. The smallest absolute Gasteiger partial charge is 0.180 e. The molecule has 1 aromatic carbocycles. The molecule has 0 spiro atoms. The first-order chi connectivity index (χ1) is 9.56. The van der Waals surface area contributed by atoms with Crippen molar-refractivity contribution in [2.24, 2.45) is 0 Å². The second-order valence-corrected chi connectivity index (χ2v) is 7.97. The first kappa shape index (κ1) is 15.1. The molecule has 0 saturated carbocycles. The number of para-hydroxylation sites is 1. The lowest BCUT2D eigenvalue weighted by Crippen LogP contribution is -2.08. The van der Waals surface area contributed by atoms with Crippen molar-refractivity contribution in [3.8, 4) is 0 Å². The molecule has 1 heterocycles. The summed E-state index contributed by atoms with van der Waals surface area (Å²) < 4.78 is 24.1. The average molecular weight is 309 g/mol. The number of aryl methyl sites for hydroxylation is 1. The Morgan fingerprint density at radius 3 is 2.40 bits per heavy atom. The summed E-state index contributed by atoms with van der Waals surface area (Å²) in [5, 5.41) is 3.24. The summed E-state index contributed by atoms with van der Waals surface area (Å²) >= 11 is 1.76. The lowest BCUT2D eigenvalue weighted by atomic mass is 10.3. The second-order valence-electron chi connectivity index (χ2n) is 4.47. The van der Waals surface area contributed by atoms with Gasteiger partial charge in [-0.15, -0.1) is 11.3 Å². The Bertz CT molecular complexity index is 675. The van der Waals surface area contributed by atoms with Crippen molar-refractivity contribution < 1.29 is 8.42 Å². The minimum Gasteiger partial charge on any atom is -0.379 e. The van der Waals surface area contributed by atoms with E-state index >= 15 is 0 Å². The Kier molecular flexibility index (Phi) is 4.83.